The molecular weight excluding hydrogens is 521 g/mol. The summed E-state index contributed by atoms with van der Waals surface area (Å²) in [5.74, 6) is -5.45. The summed E-state index contributed by atoms with van der Waals surface area (Å²) in [7, 11) is 0. The lowest BCUT2D eigenvalue weighted by molar-refractivity contribution is -0.284. The van der Waals surface area contributed by atoms with Gasteiger partial charge in [-0.1, -0.05) is 17.7 Å². The molecule has 0 saturated carbocycles. The van der Waals surface area contributed by atoms with E-state index in [0.717, 1.165) is 0 Å². The van der Waals surface area contributed by atoms with Gasteiger partial charge >= 0.3 is 12.1 Å². The van der Waals surface area contributed by atoms with Crippen LogP contribution >= 0.6 is 11.6 Å². The summed E-state index contributed by atoms with van der Waals surface area (Å²) in [5.41, 5.74) is 6.08. The van der Waals surface area contributed by atoms with E-state index in [1.54, 1.807) is 25.1 Å². The summed E-state index contributed by atoms with van der Waals surface area (Å²) in [6, 6.07) is 8.07. The highest BCUT2D eigenvalue weighted by Crippen LogP contribution is 2.44. The maximum atomic E-state index is 13.6. The van der Waals surface area contributed by atoms with Gasteiger partial charge in [-0.15, -0.1) is 0 Å². The van der Waals surface area contributed by atoms with E-state index in [9.17, 15) is 26.7 Å². The number of hydrogen-bond donors (Lipinski definition) is 2. The minimum absolute atomic E-state index is 0.0493. The van der Waals surface area contributed by atoms with Crippen LogP contribution in [-0.2, 0) is 16.6 Å². The quantitative estimate of drug-likeness (QED) is 0.353. The van der Waals surface area contributed by atoms with E-state index < -0.39 is 36.3 Å². The number of alkyl halides is 5. The first-order chi connectivity index (χ1) is 17.3. The number of nitrogens with one attached hydrogen (secondary N) is 1. The number of aromatic nitrogens is 5. The van der Waals surface area contributed by atoms with Gasteiger partial charge in [0.15, 0.2) is 5.82 Å². The molecule has 0 fully saturated rings. The fraction of sp³-hybridized carbons (Fsp3) is 0.261. The van der Waals surface area contributed by atoms with Crippen molar-refractivity contribution in [3.05, 3.63) is 64.8 Å². The SMILES string of the molecule is CC1(c2ccccn2)C(=O)Nc2nc(-c3nc(CCC(F)(F)C(F)(F)F)n4cc(Cl)ccc34)nc(N)c21. The van der Waals surface area contributed by atoms with Crippen molar-refractivity contribution in [3.8, 4) is 11.5 Å². The standard InChI is InChI=1S/C23H17ClF5N7O/c1-21(13-4-2-3-9-31-13)15-17(30)33-19(34-18(15)35-20(21)37)16-12-6-5-11(24)10-36(12)14(32-16)7-8-22(25,26)23(27,28)29/h2-6,9-10H,7-8H2,1H3,(H3,30,33,34,35,37). The average Bonchev–Trinajstić information content (AvgIpc) is 3.32. The summed E-state index contributed by atoms with van der Waals surface area (Å²) in [4.78, 5) is 30.2. The lowest BCUT2D eigenvalue weighted by Gasteiger charge is -2.22. The van der Waals surface area contributed by atoms with Crippen LogP contribution in [0.5, 0.6) is 0 Å². The normalized spacial score (nSPS) is 17.8. The highest BCUT2D eigenvalue weighted by molar-refractivity contribution is 6.30. The zero-order valence-corrected chi connectivity index (χ0v) is 19.7. The van der Waals surface area contributed by atoms with Gasteiger partial charge in [0.05, 0.1) is 21.8 Å². The second-order valence-corrected chi connectivity index (χ2v) is 9.07. The Bertz CT molecular complexity index is 1540. The number of rotatable bonds is 5. The topological polar surface area (TPSA) is 111 Å². The number of nitrogens with two attached hydrogens (primary N) is 1. The first-order valence-electron chi connectivity index (χ1n) is 10.9. The summed E-state index contributed by atoms with van der Waals surface area (Å²) in [6.07, 6.45) is -5.07. The molecule has 37 heavy (non-hydrogen) atoms. The van der Waals surface area contributed by atoms with Gasteiger partial charge in [-0.2, -0.15) is 22.0 Å². The molecule has 0 aromatic carbocycles. The number of anilines is 2. The van der Waals surface area contributed by atoms with Crippen LogP contribution < -0.4 is 11.1 Å². The molecule has 0 bridgehead atoms. The molecule has 4 aromatic heterocycles. The second kappa shape index (κ2) is 8.33. The molecule has 192 valence electrons. The fourth-order valence-electron chi connectivity index (χ4n) is 4.29. The number of nitrogens with zero attached hydrogens (tertiary/aromatic N) is 5. The van der Waals surface area contributed by atoms with Crippen LogP contribution in [0.15, 0.2) is 42.7 Å². The number of pyridine rings is 2. The van der Waals surface area contributed by atoms with Crippen molar-refractivity contribution >= 4 is 34.7 Å². The Labute approximate surface area is 210 Å². The van der Waals surface area contributed by atoms with Gasteiger partial charge in [0.25, 0.3) is 0 Å². The van der Waals surface area contributed by atoms with E-state index in [1.165, 1.54) is 28.9 Å². The van der Waals surface area contributed by atoms with Crippen LogP contribution in [0.1, 0.15) is 30.4 Å². The van der Waals surface area contributed by atoms with Crippen molar-refractivity contribution in [1.82, 2.24) is 24.3 Å². The van der Waals surface area contributed by atoms with E-state index in [-0.39, 0.29) is 34.0 Å². The molecule has 1 aliphatic rings. The summed E-state index contributed by atoms with van der Waals surface area (Å²) < 4.78 is 66.6. The minimum atomic E-state index is -5.70. The smallest absolute Gasteiger partial charge is 0.383 e. The number of carbonyl (C=O) groups is 1. The zero-order valence-electron chi connectivity index (χ0n) is 18.9. The highest BCUT2D eigenvalue weighted by atomic mass is 35.5. The number of carbonyl (C=O) groups excluding carboxylic acids is 1. The van der Waals surface area contributed by atoms with E-state index >= 15 is 0 Å². The van der Waals surface area contributed by atoms with Crippen LogP contribution in [0, 0.1) is 0 Å². The molecule has 0 saturated heterocycles. The molecule has 14 heteroatoms. The Morgan fingerprint density at radius 3 is 2.54 bits per heavy atom. The minimum Gasteiger partial charge on any atom is -0.383 e. The van der Waals surface area contributed by atoms with Gasteiger partial charge in [-0.3, -0.25) is 9.78 Å². The van der Waals surface area contributed by atoms with Gasteiger partial charge < -0.3 is 15.5 Å². The number of amides is 1. The van der Waals surface area contributed by atoms with Crippen LogP contribution in [-0.4, -0.2) is 42.3 Å². The molecule has 1 aliphatic heterocycles. The lowest BCUT2D eigenvalue weighted by Crippen LogP contribution is -2.36. The molecular formula is C23H17ClF5N7O. The number of hydrogen-bond acceptors (Lipinski definition) is 6. The molecule has 0 aliphatic carbocycles. The third-order valence-corrected chi connectivity index (χ3v) is 6.49. The van der Waals surface area contributed by atoms with Gasteiger partial charge in [0.2, 0.25) is 5.91 Å². The van der Waals surface area contributed by atoms with Crippen LogP contribution in [0.4, 0.5) is 33.6 Å². The molecule has 1 atom stereocenters. The van der Waals surface area contributed by atoms with Crippen molar-refractivity contribution < 1.29 is 26.7 Å². The predicted octanol–water partition coefficient (Wildman–Crippen LogP) is 4.81. The third-order valence-electron chi connectivity index (χ3n) is 6.26. The van der Waals surface area contributed by atoms with Gasteiger partial charge in [-0.05, 0) is 31.2 Å². The van der Waals surface area contributed by atoms with Crippen molar-refractivity contribution in [1.29, 1.82) is 0 Å². The fourth-order valence-corrected chi connectivity index (χ4v) is 4.45. The first kappa shape index (κ1) is 24.8. The molecule has 1 amide bonds. The van der Waals surface area contributed by atoms with Gasteiger partial charge in [0, 0.05) is 25.2 Å². The Kier molecular flexibility index (Phi) is 5.59. The summed E-state index contributed by atoms with van der Waals surface area (Å²) >= 11 is 6.03. The average molecular weight is 538 g/mol. The van der Waals surface area contributed by atoms with Crippen molar-refractivity contribution in [2.45, 2.75) is 37.3 Å². The number of imidazole rings is 1. The van der Waals surface area contributed by atoms with Crippen molar-refractivity contribution in [2.75, 3.05) is 11.1 Å². The van der Waals surface area contributed by atoms with Gasteiger partial charge in [0.1, 0.15) is 28.6 Å². The van der Waals surface area contributed by atoms with E-state index in [4.69, 9.17) is 17.3 Å². The number of halogens is 6. The Hall–Kier alpha value is -3.87. The monoisotopic (exact) mass is 537 g/mol. The Morgan fingerprint density at radius 2 is 1.86 bits per heavy atom. The number of aryl methyl sites for hydroxylation is 1. The van der Waals surface area contributed by atoms with Crippen molar-refractivity contribution in [3.63, 3.8) is 0 Å². The molecule has 0 spiro atoms. The van der Waals surface area contributed by atoms with Gasteiger partial charge in [-0.25, -0.2) is 15.0 Å². The molecule has 5 heterocycles. The highest BCUT2D eigenvalue weighted by Gasteiger charge is 2.56. The third kappa shape index (κ3) is 3.93. The maximum Gasteiger partial charge on any atom is 0.453 e. The van der Waals surface area contributed by atoms with Crippen LogP contribution in [0.25, 0.3) is 17.0 Å². The zero-order chi connectivity index (χ0) is 26.8. The molecule has 0 radical (unpaired) electrons. The summed E-state index contributed by atoms with van der Waals surface area (Å²) in [6.45, 7) is 1.63. The molecule has 8 nitrogen and oxygen atoms in total. The predicted molar refractivity (Wildman–Crippen MR) is 124 cm³/mol. The molecule has 4 aromatic rings. The van der Waals surface area contributed by atoms with Crippen molar-refractivity contribution in [2.24, 2.45) is 0 Å². The maximum absolute atomic E-state index is 13.6. The molecule has 5 rings (SSSR count). The largest absolute Gasteiger partial charge is 0.453 e. The first-order valence-corrected chi connectivity index (χ1v) is 11.2. The van der Waals surface area contributed by atoms with E-state index in [0.29, 0.717) is 16.8 Å². The molecule has 1 unspecified atom stereocenters. The Morgan fingerprint density at radius 1 is 1.11 bits per heavy atom. The summed E-state index contributed by atoms with van der Waals surface area (Å²) in [5, 5.41) is 2.88. The number of fused-ring (bicyclic) bond motifs is 2. The Balaban J connectivity index is 1.61. The lowest BCUT2D eigenvalue weighted by atomic mass is 9.81. The van der Waals surface area contributed by atoms with E-state index in [2.05, 4.69) is 25.3 Å². The molecule has 3 N–H and O–H groups in total. The van der Waals surface area contributed by atoms with E-state index in [1.807, 2.05) is 0 Å². The van der Waals surface area contributed by atoms with Crippen LogP contribution in [0.3, 0.4) is 0 Å². The number of nitrogen functional groups attached to an aromatic ring is 1. The van der Waals surface area contributed by atoms with Crippen LogP contribution in [0.2, 0.25) is 5.02 Å². The second-order valence-electron chi connectivity index (χ2n) is 8.63.